The maximum Gasteiger partial charge on any atom is 0.404 e. The van der Waals surface area contributed by atoms with Gasteiger partial charge in [0.2, 0.25) is 5.91 Å². The van der Waals surface area contributed by atoms with Gasteiger partial charge in [0.25, 0.3) is 0 Å². The van der Waals surface area contributed by atoms with E-state index >= 15 is 0 Å². The van der Waals surface area contributed by atoms with Crippen LogP contribution in [0.25, 0.3) is 11.1 Å². The molecule has 4 N–H and O–H groups in total. The zero-order valence-electron chi connectivity index (χ0n) is 21.9. The van der Waals surface area contributed by atoms with Crippen molar-refractivity contribution < 1.29 is 19.8 Å². The molecule has 1 fully saturated rings. The Morgan fingerprint density at radius 3 is 2.68 bits per heavy atom. The molecule has 37 heavy (non-hydrogen) atoms. The van der Waals surface area contributed by atoms with Crippen LogP contribution in [-0.4, -0.2) is 60.3 Å². The van der Waals surface area contributed by atoms with Crippen molar-refractivity contribution in [2.75, 3.05) is 33.2 Å². The molecule has 8 heteroatoms. The average Bonchev–Trinajstić information content (AvgIpc) is 2.91. The van der Waals surface area contributed by atoms with Gasteiger partial charge in [-0.25, -0.2) is 4.79 Å². The SMILES string of the molecule is CCc1cccc(-c2c(Cl)cccc2C(O)(CCCNC(=O)O)C2CCCN(C(=O)CCCNC)C2)c1. The van der Waals surface area contributed by atoms with E-state index < -0.39 is 11.7 Å². The molecule has 1 aliphatic heterocycles. The van der Waals surface area contributed by atoms with Crippen LogP contribution in [0.2, 0.25) is 5.02 Å². The van der Waals surface area contributed by atoms with Crippen molar-refractivity contribution in [3.05, 3.63) is 58.6 Å². The molecule has 0 spiro atoms. The lowest BCUT2D eigenvalue weighted by atomic mass is 9.72. The van der Waals surface area contributed by atoms with E-state index in [-0.39, 0.29) is 18.4 Å². The Bertz CT molecular complexity index is 1060. The number of hydrogen-bond acceptors (Lipinski definition) is 4. The number of nitrogens with zero attached hydrogens (tertiary/aromatic N) is 1. The summed E-state index contributed by atoms with van der Waals surface area (Å²) < 4.78 is 0. The molecule has 1 saturated heterocycles. The van der Waals surface area contributed by atoms with Gasteiger partial charge in [0, 0.05) is 42.6 Å². The Balaban J connectivity index is 1.99. The highest BCUT2D eigenvalue weighted by atomic mass is 35.5. The van der Waals surface area contributed by atoms with E-state index in [1.807, 2.05) is 42.3 Å². The summed E-state index contributed by atoms with van der Waals surface area (Å²) in [5, 5.41) is 27.6. The maximum atomic E-state index is 13.0. The van der Waals surface area contributed by atoms with Crippen molar-refractivity contribution in [3.8, 4) is 11.1 Å². The number of carboxylic acid groups (broad SMARTS) is 1. The van der Waals surface area contributed by atoms with E-state index in [1.54, 1.807) is 0 Å². The van der Waals surface area contributed by atoms with Crippen molar-refractivity contribution in [1.82, 2.24) is 15.5 Å². The molecule has 2 unspecified atom stereocenters. The third kappa shape index (κ3) is 7.46. The molecule has 3 rings (SSSR count). The maximum absolute atomic E-state index is 13.0. The third-order valence-electron chi connectivity index (χ3n) is 7.38. The number of amides is 2. The fourth-order valence-corrected chi connectivity index (χ4v) is 5.69. The Kier molecular flexibility index (Phi) is 10.8. The number of carbonyl (C=O) groups is 2. The third-order valence-corrected chi connectivity index (χ3v) is 7.70. The number of aryl methyl sites for hydroxylation is 1. The number of piperidine rings is 1. The molecule has 2 atom stereocenters. The molecule has 0 radical (unpaired) electrons. The van der Waals surface area contributed by atoms with Gasteiger partial charge in [-0.05, 0) is 74.9 Å². The lowest BCUT2D eigenvalue weighted by molar-refractivity contribution is -0.136. The van der Waals surface area contributed by atoms with E-state index in [2.05, 4.69) is 29.7 Å². The topological polar surface area (TPSA) is 102 Å². The predicted octanol–water partition coefficient (Wildman–Crippen LogP) is 5.04. The van der Waals surface area contributed by atoms with E-state index in [0.29, 0.717) is 37.4 Å². The van der Waals surface area contributed by atoms with Crippen LogP contribution in [0.3, 0.4) is 0 Å². The molecule has 1 aliphatic rings. The van der Waals surface area contributed by atoms with Crippen LogP contribution < -0.4 is 10.6 Å². The van der Waals surface area contributed by atoms with Crippen LogP contribution >= 0.6 is 11.6 Å². The largest absolute Gasteiger partial charge is 0.465 e. The molecule has 202 valence electrons. The molecule has 7 nitrogen and oxygen atoms in total. The Morgan fingerprint density at radius 2 is 1.95 bits per heavy atom. The first-order chi connectivity index (χ1) is 17.8. The zero-order valence-corrected chi connectivity index (χ0v) is 22.7. The van der Waals surface area contributed by atoms with Gasteiger partial charge in [-0.2, -0.15) is 0 Å². The predicted molar refractivity (Wildman–Crippen MR) is 148 cm³/mol. The average molecular weight is 530 g/mol. The molecular formula is C29H40ClN3O4. The number of rotatable bonds is 12. The second kappa shape index (κ2) is 13.8. The molecule has 2 aromatic carbocycles. The zero-order chi connectivity index (χ0) is 26.8. The second-order valence-corrected chi connectivity index (χ2v) is 10.3. The van der Waals surface area contributed by atoms with Gasteiger partial charge in [-0.15, -0.1) is 0 Å². The smallest absolute Gasteiger partial charge is 0.404 e. The Morgan fingerprint density at radius 1 is 1.16 bits per heavy atom. The number of hydrogen-bond donors (Lipinski definition) is 4. The molecular weight excluding hydrogens is 490 g/mol. The normalized spacial score (nSPS) is 17.3. The minimum Gasteiger partial charge on any atom is -0.465 e. The van der Waals surface area contributed by atoms with Gasteiger partial charge >= 0.3 is 6.09 Å². The number of likely N-dealkylation sites (tertiary alicyclic amines) is 1. The number of benzene rings is 2. The molecule has 2 amide bonds. The number of nitrogens with one attached hydrogen (secondary N) is 2. The van der Waals surface area contributed by atoms with Gasteiger partial charge < -0.3 is 25.7 Å². The van der Waals surface area contributed by atoms with Crippen molar-refractivity contribution in [2.24, 2.45) is 5.92 Å². The Labute approximate surface area is 225 Å². The lowest BCUT2D eigenvalue weighted by Crippen LogP contribution is -2.48. The lowest BCUT2D eigenvalue weighted by Gasteiger charge is -2.44. The second-order valence-electron chi connectivity index (χ2n) is 9.86. The summed E-state index contributed by atoms with van der Waals surface area (Å²) in [6, 6.07) is 13.8. The first-order valence-electron chi connectivity index (χ1n) is 13.3. The summed E-state index contributed by atoms with van der Waals surface area (Å²) in [7, 11) is 1.87. The highest BCUT2D eigenvalue weighted by molar-refractivity contribution is 6.33. The van der Waals surface area contributed by atoms with E-state index in [1.165, 1.54) is 5.56 Å². The standard InChI is InChI=1S/C29H40ClN3O4/c1-3-21-9-4-10-22(19-21)27-24(12-5-13-25(27)30)29(37,15-8-17-32-28(35)36)23-11-7-18-33(20-23)26(34)14-6-16-31-2/h4-5,9-10,12-13,19,23,31-32,37H,3,6-8,11,14-18,20H2,1-2H3,(H,35,36). The van der Waals surface area contributed by atoms with Gasteiger partial charge in [0.15, 0.2) is 0 Å². The van der Waals surface area contributed by atoms with Crippen molar-refractivity contribution in [3.63, 3.8) is 0 Å². The van der Waals surface area contributed by atoms with Crippen molar-refractivity contribution in [2.45, 2.75) is 57.5 Å². The Hall–Kier alpha value is -2.61. The highest BCUT2D eigenvalue weighted by Gasteiger charge is 2.42. The van der Waals surface area contributed by atoms with Crippen molar-refractivity contribution in [1.29, 1.82) is 0 Å². The van der Waals surface area contributed by atoms with Crippen LogP contribution in [0.4, 0.5) is 4.79 Å². The summed E-state index contributed by atoms with van der Waals surface area (Å²) in [4.78, 5) is 25.9. The number of halogens is 1. The van der Waals surface area contributed by atoms with Gasteiger partial charge in [-0.1, -0.05) is 54.9 Å². The summed E-state index contributed by atoms with van der Waals surface area (Å²) in [5.41, 5.74) is 2.36. The fourth-order valence-electron chi connectivity index (χ4n) is 5.40. The number of aliphatic hydroxyl groups is 1. The number of carbonyl (C=O) groups excluding carboxylic acids is 1. The molecule has 0 saturated carbocycles. The van der Waals surface area contributed by atoms with Gasteiger partial charge in [0.1, 0.15) is 0 Å². The molecule has 0 aliphatic carbocycles. The summed E-state index contributed by atoms with van der Waals surface area (Å²) in [6.45, 7) is 4.27. The van der Waals surface area contributed by atoms with Crippen LogP contribution in [-0.2, 0) is 16.8 Å². The van der Waals surface area contributed by atoms with Crippen molar-refractivity contribution >= 4 is 23.6 Å². The fraction of sp³-hybridized carbons (Fsp3) is 0.517. The molecule has 0 bridgehead atoms. The highest BCUT2D eigenvalue weighted by Crippen LogP contribution is 2.45. The van der Waals surface area contributed by atoms with Crippen LogP contribution in [0.1, 0.15) is 56.6 Å². The van der Waals surface area contributed by atoms with E-state index in [0.717, 1.165) is 48.9 Å². The van der Waals surface area contributed by atoms with Crippen LogP contribution in [0, 0.1) is 5.92 Å². The molecule has 2 aromatic rings. The van der Waals surface area contributed by atoms with Crippen LogP contribution in [0.5, 0.6) is 0 Å². The first kappa shape index (κ1) is 29.0. The summed E-state index contributed by atoms with van der Waals surface area (Å²) >= 11 is 6.79. The monoisotopic (exact) mass is 529 g/mol. The first-order valence-corrected chi connectivity index (χ1v) is 13.7. The van der Waals surface area contributed by atoms with Crippen LogP contribution in [0.15, 0.2) is 42.5 Å². The minimum absolute atomic E-state index is 0.108. The summed E-state index contributed by atoms with van der Waals surface area (Å²) in [5.74, 6) is -0.0947. The van der Waals surface area contributed by atoms with Gasteiger partial charge in [-0.3, -0.25) is 4.79 Å². The minimum atomic E-state index is -1.29. The quantitative estimate of drug-likeness (QED) is 0.288. The summed E-state index contributed by atoms with van der Waals surface area (Å²) in [6.07, 6.45) is 3.42. The molecule has 1 heterocycles. The molecule has 0 aromatic heterocycles. The van der Waals surface area contributed by atoms with E-state index in [9.17, 15) is 14.7 Å². The van der Waals surface area contributed by atoms with E-state index in [4.69, 9.17) is 16.7 Å². The van der Waals surface area contributed by atoms with Gasteiger partial charge in [0.05, 0.1) is 5.60 Å².